The quantitative estimate of drug-likeness (QED) is 0.0322. The first-order valence-corrected chi connectivity index (χ1v) is 33.0. The van der Waals surface area contributed by atoms with Crippen LogP contribution in [0.1, 0.15) is 73.5 Å². The minimum absolute atomic E-state index is 0.0340. The number of carbonyl (C=O) groups excluding carboxylic acids is 7. The topological polar surface area (TPSA) is 353 Å². The van der Waals surface area contributed by atoms with Crippen LogP contribution in [0.2, 0.25) is 0 Å². The van der Waals surface area contributed by atoms with Crippen LogP contribution in [0.3, 0.4) is 0 Å². The molecule has 11 atom stereocenters. The molecule has 0 spiro atoms. The molecule has 7 amide bonds. The number of aliphatic hydroxyl groups excluding tert-OH is 3. The van der Waals surface area contributed by atoms with Gasteiger partial charge in [-0.25, -0.2) is 0 Å². The van der Waals surface area contributed by atoms with E-state index in [-0.39, 0.29) is 49.8 Å². The number of unbranched alkanes of at least 4 members (excludes halogenated alkanes) is 1. The Balaban J connectivity index is 0.000000523. The Hall–Kier alpha value is -8.02. The van der Waals surface area contributed by atoms with Crippen molar-refractivity contribution in [2.75, 3.05) is 38.2 Å². The molecule has 93 heavy (non-hydrogen) atoms. The Bertz CT molecular complexity index is 3320. The van der Waals surface area contributed by atoms with Gasteiger partial charge in [-0.3, -0.25) is 33.6 Å². The summed E-state index contributed by atoms with van der Waals surface area (Å²) in [5.74, 6) is -5.58. The van der Waals surface area contributed by atoms with E-state index in [9.17, 15) is 62.1 Å². The number of alkyl halides is 3. The lowest BCUT2D eigenvalue weighted by atomic mass is 10.0. The average Bonchev–Trinajstić information content (AvgIpc) is 1.82. The zero-order chi connectivity index (χ0) is 67.5. The van der Waals surface area contributed by atoms with E-state index in [0.717, 1.165) is 68.7 Å². The predicted molar refractivity (Wildman–Crippen MR) is 352 cm³/mol. The first kappa shape index (κ1) is 74.0. The number of carbonyl (C=O) groups is 7. The number of aromatic amines is 1. The zero-order valence-electron chi connectivity index (χ0n) is 51.9. The Morgan fingerprint density at radius 2 is 1.28 bits per heavy atom. The number of H-pyrrole nitrogens is 1. The third kappa shape index (κ3) is 23.8. The number of aliphatic hydroxyl groups is 3. The van der Waals surface area contributed by atoms with Gasteiger partial charge < -0.3 is 79.0 Å². The molecule has 1 saturated heterocycles. The van der Waals surface area contributed by atoms with E-state index >= 15 is 0 Å². The van der Waals surface area contributed by atoms with Gasteiger partial charge >= 0.3 is 6.18 Å². The first-order valence-electron chi connectivity index (χ1n) is 30.5. The second-order valence-corrected chi connectivity index (χ2v) is 25.0. The maximum Gasteiger partial charge on any atom is 0.416 e. The number of benzene rings is 5. The highest BCUT2D eigenvalue weighted by molar-refractivity contribution is 8.76. The van der Waals surface area contributed by atoms with Crippen LogP contribution in [0.25, 0.3) is 10.9 Å². The average molecular weight is 1330 g/mol. The van der Waals surface area contributed by atoms with Crippen LogP contribution in [-0.2, 0) is 59.0 Å². The third-order valence-corrected chi connectivity index (χ3v) is 17.6. The minimum Gasteiger partial charge on any atom is -0.486 e. The molecule has 6 aromatic rings. The van der Waals surface area contributed by atoms with Gasteiger partial charge in [-0.15, -0.1) is 0 Å². The van der Waals surface area contributed by atoms with E-state index in [0.29, 0.717) is 29.7 Å². The zero-order valence-corrected chi connectivity index (χ0v) is 53.5. The van der Waals surface area contributed by atoms with E-state index < -0.39 is 120 Å². The predicted octanol–water partition coefficient (Wildman–Crippen LogP) is 3.63. The molecule has 502 valence electrons. The van der Waals surface area contributed by atoms with Gasteiger partial charge in [-0.05, 0) is 112 Å². The molecule has 5 aromatic carbocycles. The number of halogens is 3. The normalized spacial score (nSPS) is 20.5. The lowest BCUT2D eigenvalue weighted by Crippen LogP contribution is -2.62. The van der Waals surface area contributed by atoms with Crippen molar-refractivity contribution in [3.8, 4) is 5.75 Å². The molecule has 2 heterocycles. The van der Waals surface area contributed by atoms with Gasteiger partial charge in [-0.1, -0.05) is 131 Å². The van der Waals surface area contributed by atoms with Gasteiger partial charge in [0.25, 0.3) is 0 Å². The van der Waals surface area contributed by atoms with Crippen LogP contribution in [0, 0.1) is 0 Å². The van der Waals surface area contributed by atoms with E-state index in [1.165, 1.54) is 26.0 Å². The van der Waals surface area contributed by atoms with Gasteiger partial charge in [0.15, 0.2) is 0 Å². The molecule has 16 N–H and O–H groups in total. The maximum absolute atomic E-state index is 14.7. The number of nitrogens with one attached hydrogen (secondary N) is 9. The van der Waals surface area contributed by atoms with Crippen LogP contribution in [0.4, 0.5) is 13.2 Å². The van der Waals surface area contributed by atoms with Crippen molar-refractivity contribution < 1.29 is 66.8 Å². The number of fused-ring (bicyclic) bond motifs is 1. The number of nitrogens with two attached hydrogens (primary N) is 2. The van der Waals surface area contributed by atoms with E-state index in [4.69, 9.17) is 16.2 Å². The number of ether oxygens (including phenoxy) is 1. The summed E-state index contributed by atoms with van der Waals surface area (Å²) in [6, 6.07) is 29.0. The van der Waals surface area contributed by atoms with Crippen LogP contribution in [-0.4, -0.2) is 160 Å². The fraction of sp³-hybridized carbons (Fsp3) is 0.409. The van der Waals surface area contributed by atoms with E-state index in [1.807, 2.05) is 67.7 Å². The summed E-state index contributed by atoms with van der Waals surface area (Å²) in [6.45, 7) is 2.98. The van der Waals surface area contributed by atoms with Crippen LogP contribution in [0.15, 0.2) is 146 Å². The highest BCUT2D eigenvalue weighted by atomic mass is 33.1. The molecule has 0 aliphatic carbocycles. The second-order valence-electron chi connectivity index (χ2n) is 22.4. The van der Waals surface area contributed by atoms with Crippen molar-refractivity contribution in [2.45, 2.75) is 132 Å². The molecule has 1 aromatic heterocycles. The molecule has 0 bridgehead atoms. The van der Waals surface area contributed by atoms with Gasteiger partial charge in [0.2, 0.25) is 41.4 Å². The van der Waals surface area contributed by atoms with E-state index in [1.54, 1.807) is 60.8 Å². The van der Waals surface area contributed by atoms with Crippen molar-refractivity contribution in [3.05, 3.63) is 174 Å². The third-order valence-electron chi connectivity index (χ3n) is 15.1. The van der Waals surface area contributed by atoms with Crippen LogP contribution >= 0.6 is 21.6 Å². The summed E-state index contributed by atoms with van der Waals surface area (Å²) in [7, 11) is 3.91. The molecule has 1 fully saturated rings. The molecule has 0 saturated carbocycles. The molecule has 22 nitrogen and oxygen atoms in total. The highest BCUT2D eigenvalue weighted by Gasteiger charge is 2.37. The molecular weight excluding hydrogens is 1240 g/mol. The number of para-hydroxylation sites is 1. The van der Waals surface area contributed by atoms with Gasteiger partial charge in [0.1, 0.15) is 48.1 Å². The fourth-order valence-electron chi connectivity index (χ4n) is 9.85. The molecule has 27 heteroatoms. The lowest BCUT2D eigenvalue weighted by Gasteiger charge is -2.29. The Kier molecular flexibility index (Phi) is 29.9. The molecule has 1 aliphatic rings. The SMILES string of the molecule is CC(O)[C@@H]1NC(=O)[C@H](CCCCN)NC(=O)[C@@H](Cc2c[nH]c3ccccc23)NC(=O)[C@H](Cc2ccccc2)NC(=O)[C@@H](NC(=O)[C@H](N)Cc2ccccc2)CSSC[C@@H](C(=O)N[C@H](CO)[C@@H](C)O)NC1=O.CNCCC(Oc1ccc(C(F)(F)F)cc1)c1ccccc1. The smallest absolute Gasteiger partial charge is 0.416 e. The van der Waals surface area contributed by atoms with E-state index in [2.05, 4.69) is 47.5 Å². The number of rotatable bonds is 23. The number of hydrogen-bond acceptors (Lipinski definition) is 16. The van der Waals surface area contributed by atoms with Crippen LogP contribution < -0.4 is 58.7 Å². The molecular formula is C66H84F3N11O11S2. The Morgan fingerprint density at radius 3 is 1.89 bits per heavy atom. The first-order chi connectivity index (χ1) is 44.6. The number of aromatic nitrogens is 1. The van der Waals surface area contributed by atoms with Crippen molar-refractivity contribution in [1.82, 2.24) is 47.5 Å². The minimum atomic E-state index is -4.33. The molecule has 7 rings (SSSR count). The van der Waals surface area contributed by atoms with Gasteiger partial charge in [-0.2, -0.15) is 13.2 Å². The van der Waals surface area contributed by atoms with Gasteiger partial charge in [0, 0.05) is 47.9 Å². The molecule has 2 unspecified atom stereocenters. The summed E-state index contributed by atoms with van der Waals surface area (Å²) in [5, 5.41) is 53.6. The number of amides is 7. The van der Waals surface area contributed by atoms with Crippen molar-refractivity contribution >= 4 is 73.8 Å². The highest BCUT2D eigenvalue weighted by Crippen LogP contribution is 2.32. The summed E-state index contributed by atoms with van der Waals surface area (Å²) in [5.41, 5.74) is 15.3. The van der Waals surface area contributed by atoms with Crippen LogP contribution in [0.5, 0.6) is 5.75 Å². The Morgan fingerprint density at radius 1 is 0.699 bits per heavy atom. The van der Waals surface area contributed by atoms with Crippen molar-refractivity contribution in [2.24, 2.45) is 11.5 Å². The monoisotopic (exact) mass is 1330 g/mol. The van der Waals surface area contributed by atoms with Crippen molar-refractivity contribution in [3.63, 3.8) is 0 Å². The fourth-order valence-corrected chi connectivity index (χ4v) is 12.2. The molecule has 1 aliphatic heterocycles. The lowest BCUT2D eigenvalue weighted by molar-refractivity contribution is -0.137. The summed E-state index contributed by atoms with van der Waals surface area (Å²) < 4.78 is 43.6. The summed E-state index contributed by atoms with van der Waals surface area (Å²) >= 11 is 0. The largest absolute Gasteiger partial charge is 0.486 e. The Labute approximate surface area is 546 Å². The maximum atomic E-state index is 14.7. The number of hydrogen-bond donors (Lipinski definition) is 14. The second kappa shape index (κ2) is 37.6. The standard InChI is InChI=1S/C49H66N10O10S2.C17H18F3NO/c1-28(61)39(25-60)56-48(68)41-27-71-70-26-40(57-43(63)34(51)21-30-13-5-3-6-14-30)47(67)54-37(22-31-15-7-4-8-16-31)45(65)55-38(23-32-24-52-35-18-10-9-17-33(32)35)46(66)53-36(19-11-12-20-50)44(64)59-42(29(2)62)49(69)58-41;1-21-12-11-16(13-5-3-2-4-6-13)22-15-9-7-14(8-10-15)17(18,19)20/h3-10,13-18,24,28-29,34,36-42,52,60-62H,11-12,19-23,25-27,50-51H2,1-2H3,(H,53,66)(H,54,67)(H,55,65)(H,56,68)(H,57,63)(H,58,69)(H,59,64);2-10,16,21H,11-12H2,1H3/t28-,29?,34-,36+,37+,38-,39-,40+,41+,42+;/m1./s1. The summed E-state index contributed by atoms with van der Waals surface area (Å²) in [4.78, 5) is 103. The summed E-state index contributed by atoms with van der Waals surface area (Å²) in [6.07, 6.45) is -3.97. The van der Waals surface area contributed by atoms with Crippen molar-refractivity contribution in [1.29, 1.82) is 0 Å². The molecule has 0 radical (unpaired) electrons. The van der Waals surface area contributed by atoms with Gasteiger partial charge in [0.05, 0.1) is 36.5 Å².